The van der Waals surface area contributed by atoms with Gasteiger partial charge in [-0.1, -0.05) is 35.5 Å². The average molecular weight is 470 g/mol. The highest BCUT2D eigenvalue weighted by Gasteiger charge is 2.24. The summed E-state index contributed by atoms with van der Waals surface area (Å²) in [4.78, 5) is 21.4. The molecule has 0 saturated carbocycles. The van der Waals surface area contributed by atoms with E-state index in [9.17, 15) is 13.2 Å². The van der Waals surface area contributed by atoms with Gasteiger partial charge in [0.05, 0.1) is 11.4 Å². The molecule has 1 amide bonds. The van der Waals surface area contributed by atoms with E-state index in [0.29, 0.717) is 50.0 Å². The Balaban J connectivity index is 1.32. The maximum Gasteiger partial charge on any atom is 0.253 e. The second kappa shape index (κ2) is 9.82. The normalized spacial score (nSPS) is 15.2. The first-order chi connectivity index (χ1) is 15.8. The summed E-state index contributed by atoms with van der Waals surface area (Å²) in [5.74, 6) is 0.994. The number of hydrogen-bond donors (Lipinski definition) is 1. The number of nitrogens with one attached hydrogen (secondary N) is 1. The van der Waals surface area contributed by atoms with Crippen molar-refractivity contribution >= 4 is 15.9 Å². The van der Waals surface area contributed by atoms with Gasteiger partial charge in [-0.15, -0.1) is 0 Å². The van der Waals surface area contributed by atoms with E-state index < -0.39 is 10.0 Å². The van der Waals surface area contributed by atoms with Crippen molar-refractivity contribution in [3.05, 3.63) is 66.1 Å². The molecule has 0 aliphatic carbocycles. The summed E-state index contributed by atoms with van der Waals surface area (Å²) in [5, 5.41) is 4.05. The SMILES string of the molecule is CC(C)NS(=O)(=O)c1ccc(C(=O)N2CCN(Cc3nc(-c4ccccc4)no3)CC2)cc1. The molecule has 3 aromatic rings. The molecule has 1 saturated heterocycles. The summed E-state index contributed by atoms with van der Waals surface area (Å²) in [7, 11) is -3.58. The molecule has 0 radical (unpaired) electrons. The van der Waals surface area contributed by atoms with Crippen molar-refractivity contribution in [2.24, 2.45) is 0 Å². The van der Waals surface area contributed by atoms with E-state index in [1.54, 1.807) is 30.9 Å². The van der Waals surface area contributed by atoms with E-state index in [-0.39, 0.29) is 16.8 Å². The van der Waals surface area contributed by atoms with Gasteiger partial charge in [0.1, 0.15) is 0 Å². The fourth-order valence-corrected chi connectivity index (χ4v) is 4.91. The molecule has 1 aliphatic rings. The molecule has 0 spiro atoms. The van der Waals surface area contributed by atoms with E-state index in [1.165, 1.54) is 12.1 Å². The Morgan fingerprint density at radius 2 is 1.70 bits per heavy atom. The quantitative estimate of drug-likeness (QED) is 0.566. The van der Waals surface area contributed by atoms with Crippen LogP contribution in [-0.4, -0.2) is 66.5 Å². The standard InChI is InChI=1S/C23H27N5O4S/c1-17(2)26-33(30,31)20-10-8-19(9-11-20)23(29)28-14-12-27(13-15-28)16-21-24-22(25-32-21)18-6-4-3-5-7-18/h3-11,17,26H,12-16H2,1-2H3. The Morgan fingerprint density at radius 3 is 2.33 bits per heavy atom. The van der Waals surface area contributed by atoms with Crippen LogP contribution in [0.2, 0.25) is 0 Å². The number of nitrogens with zero attached hydrogens (tertiary/aromatic N) is 4. The molecular formula is C23H27N5O4S. The van der Waals surface area contributed by atoms with Gasteiger partial charge in [0.2, 0.25) is 21.7 Å². The number of piperazine rings is 1. The first-order valence-corrected chi connectivity index (χ1v) is 12.3. The maximum atomic E-state index is 12.9. The zero-order valence-electron chi connectivity index (χ0n) is 18.6. The van der Waals surface area contributed by atoms with E-state index in [4.69, 9.17) is 4.52 Å². The van der Waals surface area contributed by atoms with Crippen LogP contribution in [0.5, 0.6) is 0 Å². The lowest BCUT2D eigenvalue weighted by molar-refractivity contribution is 0.0615. The van der Waals surface area contributed by atoms with Crippen LogP contribution in [0.1, 0.15) is 30.1 Å². The monoisotopic (exact) mass is 469 g/mol. The third-order valence-corrected chi connectivity index (χ3v) is 7.00. The molecule has 0 bridgehead atoms. The Bertz CT molecular complexity index is 1190. The van der Waals surface area contributed by atoms with Crippen LogP contribution in [0, 0.1) is 0 Å². The number of aromatic nitrogens is 2. The molecule has 1 aliphatic heterocycles. The average Bonchev–Trinajstić information content (AvgIpc) is 3.27. The van der Waals surface area contributed by atoms with Crippen molar-refractivity contribution in [1.29, 1.82) is 0 Å². The first-order valence-electron chi connectivity index (χ1n) is 10.8. The minimum Gasteiger partial charge on any atom is -0.338 e. The number of hydrogen-bond acceptors (Lipinski definition) is 7. The van der Waals surface area contributed by atoms with Crippen LogP contribution >= 0.6 is 0 Å². The van der Waals surface area contributed by atoms with Crippen molar-refractivity contribution in [2.75, 3.05) is 26.2 Å². The van der Waals surface area contributed by atoms with E-state index in [2.05, 4.69) is 19.8 Å². The van der Waals surface area contributed by atoms with Gasteiger partial charge in [-0.2, -0.15) is 4.98 Å². The summed E-state index contributed by atoms with van der Waals surface area (Å²) in [6.07, 6.45) is 0. The maximum absolute atomic E-state index is 12.9. The van der Waals surface area contributed by atoms with Gasteiger partial charge in [0, 0.05) is 43.3 Å². The fraction of sp³-hybridized carbons (Fsp3) is 0.348. The zero-order valence-corrected chi connectivity index (χ0v) is 19.5. The largest absolute Gasteiger partial charge is 0.338 e. The van der Waals surface area contributed by atoms with Gasteiger partial charge in [-0.05, 0) is 38.1 Å². The summed E-state index contributed by atoms with van der Waals surface area (Å²) >= 11 is 0. The van der Waals surface area contributed by atoms with Crippen molar-refractivity contribution in [3.8, 4) is 11.4 Å². The third-order valence-electron chi connectivity index (χ3n) is 5.32. The lowest BCUT2D eigenvalue weighted by atomic mass is 10.2. The Labute approximate surface area is 193 Å². The number of rotatable bonds is 7. The van der Waals surface area contributed by atoms with Gasteiger partial charge in [-0.3, -0.25) is 9.69 Å². The van der Waals surface area contributed by atoms with Gasteiger partial charge >= 0.3 is 0 Å². The number of benzene rings is 2. The Morgan fingerprint density at radius 1 is 1.03 bits per heavy atom. The van der Waals surface area contributed by atoms with Crippen molar-refractivity contribution in [3.63, 3.8) is 0 Å². The number of sulfonamides is 1. The molecule has 33 heavy (non-hydrogen) atoms. The van der Waals surface area contributed by atoms with Crippen molar-refractivity contribution in [1.82, 2.24) is 24.7 Å². The summed E-state index contributed by atoms with van der Waals surface area (Å²) in [6.45, 7) is 6.53. The predicted octanol–water partition coefficient (Wildman–Crippen LogP) is 2.38. The Hall–Kier alpha value is -3.08. The van der Waals surface area contributed by atoms with Crippen LogP contribution in [0.15, 0.2) is 64.0 Å². The van der Waals surface area contributed by atoms with Crippen LogP contribution < -0.4 is 4.72 Å². The van der Waals surface area contributed by atoms with Gasteiger partial charge in [0.25, 0.3) is 5.91 Å². The molecule has 10 heteroatoms. The topological polar surface area (TPSA) is 109 Å². The first kappa shape index (κ1) is 23.1. The number of carbonyl (C=O) groups is 1. The predicted molar refractivity (Wildman–Crippen MR) is 123 cm³/mol. The highest BCUT2D eigenvalue weighted by Crippen LogP contribution is 2.17. The van der Waals surface area contributed by atoms with Crippen molar-refractivity contribution < 1.29 is 17.7 Å². The molecular weight excluding hydrogens is 442 g/mol. The number of carbonyl (C=O) groups excluding carboxylic acids is 1. The van der Waals surface area contributed by atoms with E-state index >= 15 is 0 Å². The van der Waals surface area contributed by atoms with Crippen molar-refractivity contribution in [2.45, 2.75) is 31.3 Å². The molecule has 2 heterocycles. The lowest BCUT2D eigenvalue weighted by Crippen LogP contribution is -2.48. The summed E-state index contributed by atoms with van der Waals surface area (Å²) in [6, 6.07) is 15.5. The van der Waals surface area contributed by atoms with E-state index in [0.717, 1.165) is 5.56 Å². The van der Waals surface area contributed by atoms with Crippen LogP contribution in [0.3, 0.4) is 0 Å². The minimum atomic E-state index is -3.58. The van der Waals surface area contributed by atoms with Gasteiger partial charge < -0.3 is 9.42 Å². The highest BCUT2D eigenvalue weighted by molar-refractivity contribution is 7.89. The molecule has 174 valence electrons. The minimum absolute atomic E-state index is 0.112. The molecule has 1 aromatic heterocycles. The van der Waals surface area contributed by atoms with E-state index in [1.807, 2.05) is 30.3 Å². The molecule has 1 N–H and O–H groups in total. The molecule has 9 nitrogen and oxygen atoms in total. The molecule has 0 atom stereocenters. The van der Waals surface area contributed by atoms with Gasteiger partial charge in [-0.25, -0.2) is 13.1 Å². The highest BCUT2D eigenvalue weighted by atomic mass is 32.2. The second-order valence-corrected chi connectivity index (χ2v) is 9.96. The van der Waals surface area contributed by atoms with Crippen LogP contribution in [-0.2, 0) is 16.6 Å². The lowest BCUT2D eigenvalue weighted by Gasteiger charge is -2.34. The number of amides is 1. The second-order valence-electron chi connectivity index (χ2n) is 8.25. The smallest absolute Gasteiger partial charge is 0.253 e. The molecule has 0 unspecified atom stereocenters. The molecule has 2 aromatic carbocycles. The zero-order chi connectivity index (χ0) is 23.4. The fourth-order valence-electron chi connectivity index (χ4n) is 3.66. The third kappa shape index (κ3) is 5.65. The summed E-state index contributed by atoms with van der Waals surface area (Å²) < 4.78 is 32.5. The van der Waals surface area contributed by atoms with Gasteiger partial charge in [0.15, 0.2) is 0 Å². The Kier molecular flexibility index (Phi) is 6.87. The molecule has 1 fully saturated rings. The summed E-state index contributed by atoms with van der Waals surface area (Å²) in [5.41, 5.74) is 1.37. The molecule has 4 rings (SSSR count). The van der Waals surface area contributed by atoms with Crippen LogP contribution in [0.4, 0.5) is 0 Å². The van der Waals surface area contributed by atoms with Crippen LogP contribution in [0.25, 0.3) is 11.4 Å².